The summed E-state index contributed by atoms with van der Waals surface area (Å²) >= 11 is 1.74. The summed E-state index contributed by atoms with van der Waals surface area (Å²) in [5, 5.41) is 2.06. The van der Waals surface area contributed by atoms with Crippen molar-refractivity contribution in [2.75, 3.05) is 0 Å². The fourth-order valence-corrected chi connectivity index (χ4v) is 1.54. The van der Waals surface area contributed by atoms with E-state index in [1.165, 1.54) is 4.88 Å². The molecule has 0 aromatic carbocycles. The molecule has 1 nitrogen and oxygen atoms in total. The number of rotatable bonds is 4. The summed E-state index contributed by atoms with van der Waals surface area (Å²) in [6.07, 6.45) is 4.41. The first-order valence-corrected chi connectivity index (χ1v) is 4.19. The Bertz CT molecular complexity index is 179. The van der Waals surface area contributed by atoms with Gasteiger partial charge in [0.05, 0.1) is 0 Å². The Labute approximate surface area is 64.7 Å². The Kier molecular flexibility index (Phi) is 3.16. The van der Waals surface area contributed by atoms with Crippen molar-refractivity contribution in [3.8, 4) is 0 Å². The van der Waals surface area contributed by atoms with Gasteiger partial charge in [-0.15, -0.1) is 11.3 Å². The van der Waals surface area contributed by atoms with Crippen LogP contribution in [-0.2, 0) is 11.2 Å². The minimum atomic E-state index is 0.567. The molecule has 0 aliphatic carbocycles. The first-order valence-electron chi connectivity index (χ1n) is 3.31. The second-order valence-electron chi connectivity index (χ2n) is 2.08. The van der Waals surface area contributed by atoms with E-state index in [2.05, 4.69) is 11.4 Å². The lowest BCUT2D eigenvalue weighted by Gasteiger charge is -1.89. The van der Waals surface area contributed by atoms with Crippen LogP contribution in [0.2, 0.25) is 0 Å². The second-order valence-corrected chi connectivity index (χ2v) is 3.11. The van der Waals surface area contributed by atoms with E-state index in [0.29, 0.717) is 6.42 Å². The van der Waals surface area contributed by atoms with Gasteiger partial charge in [-0.25, -0.2) is 0 Å². The average Bonchev–Trinajstić information content (AvgIpc) is 2.41. The highest BCUT2D eigenvalue weighted by molar-refractivity contribution is 7.09. The monoisotopic (exact) mass is 153 g/mol. The van der Waals surface area contributed by atoms with Gasteiger partial charge in [0, 0.05) is 11.3 Å². The molecule has 53 valence electrons. The van der Waals surface area contributed by atoms with Gasteiger partial charge in [-0.05, 0) is 24.3 Å². The van der Waals surface area contributed by atoms with E-state index in [1.807, 2.05) is 12.4 Å². The van der Waals surface area contributed by atoms with Gasteiger partial charge in [0.2, 0.25) is 0 Å². The smallest absolute Gasteiger partial charge is 0.198 e. The summed E-state index contributed by atoms with van der Waals surface area (Å²) in [6, 6.07) is 4.13. The first kappa shape index (κ1) is 7.48. The summed E-state index contributed by atoms with van der Waals surface area (Å²) < 4.78 is 0. The molecule has 1 heterocycles. The summed E-state index contributed by atoms with van der Waals surface area (Å²) in [5.74, 6) is 0. The zero-order valence-electron chi connectivity index (χ0n) is 5.67. The zero-order valence-corrected chi connectivity index (χ0v) is 6.49. The Balaban J connectivity index is 2.21. The molecule has 1 aromatic heterocycles. The molecule has 0 saturated heterocycles. The van der Waals surface area contributed by atoms with Gasteiger partial charge < -0.3 is 0 Å². The van der Waals surface area contributed by atoms with Crippen LogP contribution in [0, 0.1) is 0 Å². The molecular formula is C8H9OS. The molecule has 0 spiro atoms. The van der Waals surface area contributed by atoms with Crippen LogP contribution in [0.15, 0.2) is 17.5 Å². The van der Waals surface area contributed by atoms with E-state index in [4.69, 9.17) is 0 Å². The first-order chi connectivity index (χ1) is 4.93. The van der Waals surface area contributed by atoms with Gasteiger partial charge in [-0.1, -0.05) is 6.07 Å². The molecule has 2 heteroatoms. The minimum absolute atomic E-state index is 0.567. The highest BCUT2D eigenvalue weighted by Gasteiger charge is 1.91. The number of hydrogen-bond acceptors (Lipinski definition) is 2. The topological polar surface area (TPSA) is 17.1 Å². The van der Waals surface area contributed by atoms with Gasteiger partial charge in [-0.2, -0.15) is 0 Å². The summed E-state index contributed by atoms with van der Waals surface area (Å²) in [5.41, 5.74) is 0. The van der Waals surface area contributed by atoms with Crippen LogP contribution >= 0.6 is 11.3 Å². The van der Waals surface area contributed by atoms with E-state index in [9.17, 15) is 4.79 Å². The predicted octanol–water partition coefficient (Wildman–Crippen LogP) is 2.18. The quantitative estimate of drug-likeness (QED) is 0.606. The number of hydrogen-bond donors (Lipinski definition) is 0. The zero-order chi connectivity index (χ0) is 7.23. The van der Waals surface area contributed by atoms with Gasteiger partial charge >= 0.3 is 0 Å². The van der Waals surface area contributed by atoms with Crippen LogP contribution in [-0.4, -0.2) is 6.29 Å². The van der Waals surface area contributed by atoms with Crippen molar-refractivity contribution in [1.82, 2.24) is 0 Å². The Morgan fingerprint density at radius 3 is 3.10 bits per heavy atom. The maximum Gasteiger partial charge on any atom is 0.198 e. The highest BCUT2D eigenvalue weighted by atomic mass is 32.1. The fraction of sp³-hybridized carbons (Fsp3) is 0.375. The molecule has 10 heavy (non-hydrogen) atoms. The lowest BCUT2D eigenvalue weighted by molar-refractivity contribution is 0.549. The second kappa shape index (κ2) is 4.23. The van der Waals surface area contributed by atoms with E-state index in [1.54, 1.807) is 11.3 Å². The van der Waals surface area contributed by atoms with Crippen molar-refractivity contribution in [2.24, 2.45) is 0 Å². The molecule has 0 amide bonds. The van der Waals surface area contributed by atoms with Crippen molar-refractivity contribution in [2.45, 2.75) is 19.3 Å². The average molecular weight is 153 g/mol. The lowest BCUT2D eigenvalue weighted by Crippen LogP contribution is -1.80. The van der Waals surface area contributed by atoms with Crippen LogP contribution in [0.4, 0.5) is 0 Å². The maximum absolute atomic E-state index is 9.81. The van der Waals surface area contributed by atoms with Crippen LogP contribution in [0.3, 0.4) is 0 Å². The van der Waals surface area contributed by atoms with Crippen LogP contribution in [0.25, 0.3) is 0 Å². The normalized spacial score (nSPS) is 9.60. The van der Waals surface area contributed by atoms with E-state index >= 15 is 0 Å². The van der Waals surface area contributed by atoms with Crippen molar-refractivity contribution >= 4 is 17.6 Å². The molecule has 0 bridgehead atoms. The molecular weight excluding hydrogens is 144 g/mol. The predicted molar refractivity (Wildman–Crippen MR) is 43.0 cm³/mol. The molecule has 0 aliphatic heterocycles. The lowest BCUT2D eigenvalue weighted by atomic mass is 10.2. The molecule has 0 saturated carbocycles. The third kappa shape index (κ3) is 2.31. The fourth-order valence-electron chi connectivity index (χ4n) is 0.790. The largest absolute Gasteiger partial charge is 0.291 e. The number of aryl methyl sites for hydroxylation is 1. The maximum atomic E-state index is 9.81. The van der Waals surface area contributed by atoms with Crippen molar-refractivity contribution in [1.29, 1.82) is 0 Å². The highest BCUT2D eigenvalue weighted by Crippen LogP contribution is 2.10. The molecule has 0 unspecified atom stereocenters. The van der Waals surface area contributed by atoms with E-state index in [-0.39, 0.29) is 0 Å². The SMILES string of the molecule is O=[C]CCCc1cccs1. The molecule has 0 fully saturated rings. The van der Waals surface area contributed by atoms with Crippen LogP contribution in [0.5, 0.6) is 0 Å². The standard InChI is InChI=1S/C8H9OS/c9-6-2-1-4-8-5-3-7-10-8/h3,5,7H,1-2,4H2. The van der Waals surface area contributed by atoms with Gasteiger partial charge in [0.15, 0.2) is 6.29 Å². The molecule has 0 atom stereocenters. The van der Waals surface area contributed by atoms with Gasteiger partial charge in [-0.3, -0.25) is 4.79 Å². The van der Waals surface area contributed by atoms with Gasteiger partial charge in [0.25, 0.3) is 0 Å². The molecule has 0 N–H and O–H groups in total. The Morgan fingerprint density at radius 2 is 2.50 bits per heavy atom. The van der Waals surface area contributed by atoms with Crippen LogP contribution < -0.4 is 0 Å². The summed E-state index contributed by atoms with van der Waals surface area (Å²) in [6.45, 7) is 0. The third-order valence-corrected chi connectivity index (χ3v) is 2.22. The van der Waals surface area contributed by atoms with Gasteiger partial charge in [0.1, 0.15) is 0 Å². The third-order valence-electron chi connectivity index (χ3n) is 1.28. The Hall–Kier alpha value is -0.630. The molecule has 1 aromatic rings. The van der Waals surface area contributed by atoms with Crippen molar-refractivity contribution in [3.05, 3.63) is 22.4 Å². The molecule has 1 radical (unpaired) electrons. The summed E-state index contributed by atoms with van der Waals surface area (Å²) in [4.78, 5) is 11.2. The summed E-state index contributed by atoms with van der Waals surface area (Å²) in [7, 11) is 0. The molecule has 0 aliphatic rings. The molecule has 1 rings (SSSR count). The minimum Gasteiger partial charge on any atom is -0.291 e. The number of thiophene rings is 1. The number of unbranched alkanes of at least 4 members (excludes halogenated alkanes) is 1. The van der Waals surface area contributed by atoms with Crippen molar-refractivity contribution in [3.63, 3.8) is 0 Å². The van der Waals surface area contributed by atoms with Crippen molar-refractivity contribution < 1.29 is 4.79 Å². The van der Waals surface area contributed by atoms with E-state index in [0.717, 1.165) is 12.8 Å². The van der Waals surface area contributed by atoms with Crippen LogP contribution in [0.1, 0.15) is 17.7 Å². The number of carbonyl (C=O) groups excluding carboxylic acids is 1. The Morgan fingerprint density at radius 1 is 1.60 bits per heavy atom. The van der Waals surface area contributed by atoms with E-state index < -0.39 is 0 Å².